The molecule has 20 heavy (non-hydrogen) atoms. The van der Waals surface area contributed by atoms with E-state index >= 15 is 0 Å². The van der Waals surface area contributed by atoms with Gasteiger partial charge >= 0.3 is 0 Å². The highest BCUT2D eigenvalue weighted by molar-refractivity contribution is 5.79. The Morgan fingerprint density at radius 3 is 2.75 bits per heavy atom. The summed E-state index contributed by atoms with van der Waals surface area (Å²) in [6.45, 7) is 3.54. The van der Waals surface area contributed by atoms with Crippen molar-refractivity contribution < 1.29 is 5.11 Å². The maximum Gasteiger partial charge on any atom is 0.115 e. The summed E-state index contributed by atoms with van der Waals surface area (Å²) in [4.78, 5) is 7.34. The van der Waals surface area contributed by atoms with Gasteiger partial charge in [0, 0.05) is 18.8 Å². The zero-order valence-corrected chi connectivity index (χ0v) is 12.0. The first-order chi connectivity index (χ1) is 9.83. The predicted octanol–water partition coefficient (Wildman–Crippen LogP) is 3.08. The van der Waals surface area contributed by atoms with Crippen molar-refractivity contribution in [2.24, 2.45) is 10.9 Å². The van der Waals surface area contributed by atoms with Crippen LogP contribution in [0, 0.1) is 5.92 Å². The minimum Gasteiger partial charge on any atom is -0.508 e. The summed E-state index contributed by atoms with van der Waals surface area (Å²) in [6, 6.07) is 8.02. The number of piperidine rings is 2. The fraction of sp³-hybridized carbons (Fsp3) is 0.588. The van der Waals surface area contributed by atoms with E-state index in [-0.39, 0.29) is 0 Å². The molecule has 2 atom stereocenters. The Balaban J connectivity index is 1.58. The summed E-state index contributed by atoms with van der Waals surface area (Å²) in [6.07, 6.45) is 8.73. The van der Waals surface area contributed by atoms with Crippen molar-refractivity contribution in [1.29, 1.82) is 0 Å². The Morgan fingerprint density at radius 2 is 1.90 bits per heavy atom. The van der Waals surface area contributed by atoms with Crippen LogP contribution in [0.5, 0.6) is 5.75 Å². The summed E-state index contributed by atoms with van der Waals surface area (Å²) in [7, 11) is 0. The molecular formula is C17H24N2O. The van der Waals surface area contributed by atoms with E-state index in [0.29, 0.717) is 5.75 Å². The molecular weight excluding hydrogens is 248 g/mol. The molecule has 2 saturated heterocycles. The summed E-state index contributed by atoms with van der Waals surface area (Å²) < 4.78 is 0. The van der Waals surface area contributed by atoms with Crippen molar-refractivity contribution in [3.05, 3.63) is 29.8 Å². The number of nitrogens with zero attached hydrogens (tertiary/aromatic N) is 2. The van der Waals surface area contributed by atoms with Gasteiger partial charge in [0.05, 0.1) is 0 Å². The molecule has 0 spiro atoms. The number of aliphatic imine (C=N–C) groups is 1. The molecule has 108 valence electrons. The standard InChI is InChI=1S/C17H24N2O/c20-16-8-6-14(7-9-16)12-18-13-15-4-3-11-19-10-2-1-5-17(15)19/h6-9,12,15,17,20H,1-5,10-11,13H2/t15-,17+/m1/s1. The molecule has 3 rings (SSSR count). The lowest BCUT2D eigenvalue weighted by Gasteiger charge is -2.43. The van der Waals surface area contributed by atoms with E-state index in [4.69, 9.17) is 0 Å². The monoisotopic (exact) mass is 272 g/mol. The van der Waals surface area contributed by atoms with Gasteiger partial charge in [0.1, 0.15) is 5.75 Å². The Bertz CT molecular complexity index is 453. The van der Waals surface area contributed by atoms with E-state index < -0.39 is 0 Å². The Morgan fingerprint density at radius 1 is 1.10 bits per heavy atom. The van der Waals surface area contributed by atoms with Crippen molar-refractivity contribution in [1.82, 2.24) is 4.90 Å². The third kappa shape index (κ3) is 3.21. The van der Waals surface area contributed by atoms with Crippen molar-refractivity contribution >= 4 is 6.21 Å². The zero-order chi connectivity index (χ0) is 13.8. The maximum atomic E-state index is 9.27. The number of phenolic OH excluding ortho intramolecular Hbond substituents is 1. The van der Waals surface area contributed by atoms with E-state index in [1.807, 2.05) is 18.3 Å². The highest BCUT2D eigenvalue weighted by Crippen LogP contribution is 2.30. The number of benzene rings is 1. The average Bonchev–Trinajstić information content (AvgIpc) is 2.49. The van der Waals surface area contributed by atoms with Crippen LogP contribution in [-0.2, 0) is 0 Å². The van der Waals surface area contributed by atoms with E-state index in [0.717, 1.165) is 24.1 Å². The molecule has 0 aliphatic carbocycles. The van der Waals surface area contributed by atoms with Crippen LogP contribution >= 0.6 is 0 Å². The molecule has 2 heterocycles. The highest BCUT2D eigenvalue weighted by Gasteiger charge is 2.32. The molecule has 3 heteroatoms. The molecule has 2 aliphatic heterocycles. The zero-order valence-electron chi connectivity index (χ0n) is 12.0. The van der Waals surface area contributed by atoms with Crippen LogP contribution in [0.25, 0.3) is 0 Å². The number of rotatable bonds is 3. The lowest BCUT2D eigenvalue weighted by molar-refractivity contribution is 0.0635. The summed E-state index contributed by atoms with van der Waals surface area (Å²) in [5.41, 5.74) is 1.07. The minimum absolute atomic E-state index is 0.312. The van der Waals surface area contributed by atoms with Crippen LogP contribution in [0.1, 0.15) is 37.7 Å². The lowest BCUT2D eigenvalue weighted by atomic mass is 9.83. The van der Waals surface area contributed by atoms with Crippen LogP contribution in [0.2, 0.25) is 0 Å². The number of hydrogen-bond acceptors (Lipinski definition) is 3. The quantitative estimate of drug-likeness (QED) is 0.858. The molecule has 0 radical (unpaired) electrons. The third-order valence-electron chi connectivity index (χ3n) is 4.70. The highest BCUT2D eigenvalue weighted by atomic mass is 16.3. The van der Waals surface area contributed by atoms with Crippen LogP contribution in [0.3, 0.4) is 0 Å². The van der Waals surface area contributed by atoms with Crippen molar-refractivity contribution in [2.75, 3.05) is 19.6 Å². The number of aromatic hydroxyl groups is 1. The van der Waals surface area contributed by atoms with Gasteiger partial charge in [-0.15, -0.1) is 0 Å². The summed E-state index contributed by atoms with van der Waals surface area (Å²) >= 11 is 0. The largest absolute Gasteiger partial charge is 0.508 e. The fourth-order valence-corrected chi connectivity index (χ4v) is 3.64. The molecule has 1 aromatic carbocycles. The van der Waals surface area contributed by atoms with Crippen molar-refractivity contribution in [3.8, 4) is 5.75 Å². The first-order valence-electron chi connectivity index (χ1n) is 7.86. The van der Waals surface area contributed by atoms with Gasteiger partial charge < -0.3 is 10.0 Å². The smallest absolute Gasteiger partial charge is 0.115 e. The molecule has 1 N–H and O–H groups in total. The SMILES string of the molecule is Oc1ccc(C=NC[C@H]2CCCN3CCCC[C@@H]23)cc1. The van der Waals surface area contributed by atoms with Gasteiger partial charge in [0.15, 0.2) is 0 Å². The second kappa shape index (κ2) is 6.40. The van der Waals surface area contributed by atoms with Crippen LogP contribution < -0.4 is 0 Å². The third-order valence-corrected chi connectivity index (χ3v) is 4.70. The van der Waals surface area contributed by atoms with Crippen molar-refractivity contribution in [3.63, 3.8) is 0 Å². The molecule has 1 aromatic rings. The molecule has 2 fully saturated rings. The molecule has 0 amide bonds. The minimum atomic E-state index is 0.312. The van der Waals surface area contributed by atoms with E-state index in [9.17, 15) is 5.11 Å². The van der Waals surface area contributed by atoms with Gasteiger partial charge in [0.2, 0.25) is 0 Å². The second-order valence-corrected chi connectivity index (χ2v) is 6.09. The van der Waals surface area contributed by atoms with E-state index in [1.165, 1.54) is 45.2 Å². The van der Waals surface area contributed by atoms with Gasteiger partial charge in [-0.05, 0) is 74.5 Å². The van der Waals surface area contributed by atoms with Crippen LogP contribution in [0.15, 0.2) is 29.3 Å². The Hall–Kier alpha value is -1.35. The molecule has 0 unspecified atom stereocenters. The summed E-state index contributed by atoms with van der Waals surface area (Å²) in [5.74, 6) is 1.05. The van der Waals surface area contributed by atoms with E-state index in [2.05, 4.69) is 9.89 Å². The van der Waals surface area contributed by atoms with Gasteiger partial charge in [-0.2, -0.15) is 0 Å². The van der Waals surface area contributed by atoms with Gasteiger partial charge in [0.25, 0.3) is 0 Å². The maximum absolute atomic E-state index is 9.27. The molecule has 0 aromatic heterocycles. The van der Waals surface area contributed by atoms with Crippen LogP contribution in [-0.4, -0.2) is 41.9 Å². The average molecular weight is 272 g/mol. The Labute approximate surface area is 121 Å². The fourth-order valence-electron chi connectivity index (χ4n) is 3.64. The molecule has 0 bridgehead atoms. The molecule has 0 saturated carbocycles. The van der Waals surface area contributed by atoms with Gasteiger partial charge in [-0.1, -0.05) is 6.42 Å². The normalized spacial score (nSPS) is 27.6. The second-order valence-electron chi connectivity index (χ2n) is 6.09. The van der Waals surface area contributed by atoms with Crippen LogP contribution in [0.4, 0.5) is 0 Å². The topological polar surface area (TPSA) is 35.8 Å². The van der Waals surface area contributed by atoms with Crippen molar-refractivity contribution in [2.45, 2.75) is 38.1 Å². The van der Waals surface area contributed by atoms with Gasteiger partial charge in [-0.3, -0.25) is 4.99 Å². The predicted molar refractivity (Wildman–Crippen MR) is 82.5 cm³/mol. The van der Waals surface area contributed by atoms with Gasteiger partial charge in [-0.25, -0.2) is 0 Å². The number of phenols is 1. The summed E-state index contributed by atoms with van der Waals surface area (Å²) in [5, 5.41) is 9.27. The van der Waals surface area contributed by atoms with E-state index in [1.54, 1.807) is 12.1 Å². The Kier molecular flexibility index (Phi) is 4.36. The first kappa shape index (κ1) is 13.6. The lowest BCUT2D eigenvalue weighted by Crippen LogP contribution is -2.48. The number of hydrogen-bond donors (Lipinski definition) is 1. The number of fused-ring (bicyclic) bond motifs is 1. The molecule has 2 aliphatic rings. The molecule has 3 nitrogen and oxygen atoms in total. The first-order valence-corrected chi connectivity index (χ1v) is 7.86.